The fraction of sp³-hybridized carbons (Fsp3) is 0.400. The Morgan fingerprint density at radius 1 is 1.21 bits per heavy atom. The van der Waals surface area contributed by atoms with Crippen molar-refractivity contribution in [2.45, 2.75) is 52.1 Å². The quantitative estimate of drug-likeness (QED) is 0.744. The first-order chi connectivity index (χ1) is 13.5. The molecule has 0 saturated heterocycles. The molecule has 1 aromatic carbocycles. The van der Waals surface area contributed by atoms with Crippen molar-refractivity contribution in [3.63, 3.8) is 0 Å². The minimum Gasteiger partial charge on any atom is -0.339 e. The molecule has 8 heteroatoms. The number of halogens is 1. The van der Waals surface area contributed by atoms with Gasteiger partial charge in [0.1, 0.15) is 23.4 Å². The molecule has 0 aliphatic carbocycles. The van der Waals surface area contributed by atoms with E-state index in [0.717, 1.165) is 43.5 Å². The summed E-state index contributed by atoms with van der Waals surface area (Å²) in [6.45, 7) is 4.31. The normalized spacial score (nSPS) is 15.0. The lowest BCUT2D eigenvalue weighted by atomic mass is 10.1. The maximum Gasteiger partial charge on any atom is 0.272 e. The van der Waals surface area contributed by atoms with Crippen LogP contribution in [-0.4, -0.2) is 25.6 Å². The van der Waals surface area contributed by atoms with Crippen LogP contribution < -0.4 is 5.32 Å². The second-order valence-corrected chi connectivity index (χ2v) is 7.07. The molecule has 1 aliphatic rings. The topological polar surface area (TPSA) is 85.8 Å². The highest BCUT2D eigenvalue weighted by Crippen LogP contribution is 2.27. The molecule has 0 spiro atoms. The van der Waals surface area contributed by atoms with Gasteiger partial charge in [0, 0.05) is 12.1 Å². The third-order valence-corrected chi connectivity index (χ3v) is 4.95. The predicted octanol–water partition coefficient (Wildman–Crippen LogP) is 3.60. The molecule has 28 heavy (non-hydrogen) atoms. The molecule has 1 unspecified atom stereocenters. The van der Waals surface area contributed by atoms with Gasteiger partial charge >= 0.3 is 0 Å². The molecular weight excluding hydrogens is 361 g/mol. The third kappa shape index (κ3) is 3.54. The Labute approximate surface area is 162 Å². The van der Waals surface area contributed by atoms with Crippen LogP contribution >= 0.6 is 0 Å². The van der Waals surface area contributed by atoms with Gasteiger partial charge in [-0.15, -0.1) is 0 Å². The first kappa shape index (κ1) is 18.3. The summed E-state index contributed by atoms with van der Waals surface area (Å²) in [6, 6.07) is 5.79. The van der Waals surface area contributed by atoms with Crippen molar-refractivity contribution in [1.82, 2.24) is 25.0 Å². The van der Waals surface area contributed by atoms with Crippen LogP contribution in [0.2, 0.25) is 0 Å². The van der Waals surface area contributed by atoms with E-state index in [-0.39, 0.29) is 11.7 Å². The summed E-state index contributed by atoms with van der Waals surface area (Å²) in [5.74, 6) is 0.999. The van der Waals surface area contributed by atoms with Gasteiger partial charge in [0.25, 0.3) is 5.91 Å². The van der Waals surface area contributed by atoms with Gasteiger partial charge in [-0.25, -0.2) is 9.37 Å². The van der Waals surface area contributed by atoms with Crippen LogP contribution in [-0.2, 0) is 13.0 Å². The van der Waals surface area contributed by atoms with E-state index in [1.807, 2.05) is 0 Å². The van der Waals surface area contributed by atoms with E-state index in [9.17, 15) is 9.18 Å². The number of aryl methyl sites for hydroxylation is 1. The number of rotatable bonds is 4. The van der Waals surface area contributed by atoms with Crippen molar-refractivity contribution in [2.24, 2.45) is 0 Å². The summed E-state index contributed by atoms with van der Waals surface area (Å²) in [5.41, 5.74) is 2.12. The summed E-state index contributed by atoms with van der Waals surface area (Å²) >= 11 is 0. The average Bonchev–Trinajstić information content (AvgIpc) is 3.18. The number of benzene rings is 1. The Bertz CT molecular complexity index is 993. The van der Waals surface area contributed by atoms with Crippen LogP contribution in [0.1, 0.15) is 60.1 Å². The van der Waals surface area contributed by atoms with Crippen molar-refractivity contribution in [3.8, 4) is 11.4 Å². The smallest absolute Gasteiger partial charge is 0.272 e. The number of amides is 1. The van der Waals surface area contributed by atoms with Gasteiger partial charge in [0.15, 0.2) is 5.82 Å². The highest BCUT2D eigenvalue weighted by Gasteiger charge is 2.26. The van der Waals surface area contributed by atoms with E-state index in [1.165, 1.54) is 12.1 Å². The number of nitrogens with one attached hydrogen (secondary N) is 1. The minimum absolute atomic E-state index is 0.276. The average molecular weight is 383 g/mol. The minimum atomic E-state index is -0.425. The third-order valence-electron chi connectivity index (χ3n) is 4.95. The van der Waals surface area contributed by atoms with Gasteiger partial charge in [0.05, 0.1) is 5.69 Å². The Morgan fingerprint density at radius 2 is 2.00 bits per heavy atom. The second kappa shape index (κ2) is 7.53. The Morgan fingerprint density at radius 3 is 2.71 bits per heavy atom. The first-order valence-corrected chi connectivity index (χ1v) is 9.49. The van der Waals surface area contributed by atoms with E-state index in [0.29, 0.717) is 23.2 Å². The molecule has 3 aromatic rings. The van der Waals surface area contributed by atoms with Gasteiger partial charge < -0.3 is 14.4 Å². The summed E-state index contributed by atoms with van der Waals surface area (Å²) < 4.78 is 20.6. The number of hydrogen-bond acceptors (Lipinski definition) is 5. The van der Waals surface area contributed by atoms with Crippen molar-refractivity contribution in [3.05, 3.63) is 53.2 Å². The predicted molar refractivity (Wildman–Crippen MR) is 100 cm³/mol. The second-order valence-electron chi connectivity index (χ2n) is 7.07. The maximum atomic E-state index is 13.3. The Balaban J connectivity index is 1.68. The molecular formula is C20H22FN5O2. The Kier molecular flexibility index (Phi) is 4.93. The van der Waals surface area contributed by atoms with Crippen LogP contribution in [0.25, 0.3) is 11.4 Å². The standard InChI is InChI=1S/C20H22FN5O2/c1-12(20-23-13(2)25-28-20)22-19(27)17-16-6-4-3-5-11-26(16)18(24-17)14-7-9-15(21)10-8-14/h7-10,12H,3-6,11H2,1-2H3,(H,22,27). The van der Waals surface area contributed by atoms with E-state index in [2.05, 4.69) is 25.0 Å². The van der Waals surface area contributed by atoms with Crippen LogP contribution in [0.15, 0.2) is 28.8 Å². The van der Waals surface area contributed by atoms with E-state index in [1.54, 1.807) is 26.0 Å². The number of imidazole rings is 1. The molecule has 7 nitrogen and oxygen atoms in total. The molecule has 146 valence electrons. The van der Waals surface area contributed by atoms with Gasteiger partial charge in [-0.3, -0.25) is 4.79 Å². The summed E-state index contributed by atoms with van der Waals surface area (Å²) in [7, 11) is 0. The Hall–Kier alpha value is -3.03. The fourth-order valence-electron chi connectivity index (χ4n) is 3.54. The van der Waals surface area contributed by atoms with Crippen molar-refractivity contribution in [1.29, 1.82) is 0 Å². The van der Waals surface area contributed by atoms with Crippen LogP contribution in [0.5, 0.6) is 0 Å². The largest absolute Gasteiger partial charge is 0.339 e. The number of aromatic nitrogens is 4. The lowest BCUT2D eigenvalue weighted by Crippen LogP contribution is -2.28. The molecule has 1 amide bonds. The molecule has 0 fully saturated rings. The zero-order valence-corrected chi connectivity index (χ0v) is 15.9. The highest BCUT2D eigenvalue weighted by atomic mass is 19.1. The lowest BCUT2D eigenvalue weighted by molar-refractivity contribution is 0.0926. The van der Waals surface area contributed by atoms with Crippen LogP contribution in [0.4, 0.5) is 4.39 Å². The number of fused-ring (bicyclic) bond motifs is 1. The van der Waals surface area contributed by atoms with Gasteiger partial charge in [0.2, 0.25) is 5.89 Å². The monoisotopic (exact) mass is 383 g/mol. The van der Waals surface area contributed by atoms with E-state index >= 15 is 0 Å². The first-order valence-electron chi connectivity index (χ1n) is 9.49. The lowest BCUT2D eigenvalue weighted by Gasteiger charge is -2.10. The SMILES string of the molecule is Cc1noc(C(C)NC(=O)c2nc(-c3ccc(F)cc3)n3c2CCCCC3)n1. The van der Waals surface area contributed by atoms with Gasteiger partial charge in [-0.05, 0) is 57.4 Å². The molecule has 1 atom stereocenters. The molecule has 4 rings (SSSR count). The van der Waals surface area contributed by atoms with Crippen molar-refractivity contribution in [2.75, 3.05) is 0 Å². The van der Waals surface area contributed by atoms with E-state index in [4.69, 9.17) is 4.52 Å². The number of hydrogen-bond donors (Lipinski definition) is 1. The molecule has 0 radical (unpaired) electrons. The number of carbonyl (C=O) groups is 1. The maximum absolute atomic E-state index is 13.3. The molecule has 1 aliphatic heterocycles. The van der Waals surface area contributed by atoms with E-state index < -0.39 is 6.04 Å². The molecule has 2 aromatic heterocycles. The van der Waals surface area contributed by atoms with Crippen LogP contribution in [0.3, 0.4) is 0 Å². The van der Waals surface area contributed by atoms with Gasteiger partial charge in [-0.2, -0.15) is 4.98 Å². The molecule has 3 heterocycles. The zero-order chi connectivity index (χ0) is 19.7. The summed E-state index contributed by atoms with van der Waals surface area (Å²) in [6.07, 6.45) is 3.91. The zero-order valence-electron chi connectivity index (χ0n) is 15.9. The number of nitrogens with zero attached hydrogens (tertiary/aromatic N) is 4. The fourth-order valence-corrected chi connectivity index (χ4v) is 3.54. The summed E-state index contributed by atoms with van der Waals surface area (Å²) in [4.78, 5) is 21.8. The molecule has 1 N–H and O–H groups in total. The van der Waals surface area contributed by atoms with Crippen molar-refractivity contribution < 1.29 is 13.7 Å². The highest BCUT2D eigenvalue weighted by molar-refractivity contribution is 5.94. The van der Waals surface area contributed by atoms with Crippen molar-refractivity contribution >= 4 is 5.91 Å². The van der Waals surface area contributed by atoms with Crippen LogP contribution in [0, 0.1) is 12.7 Å². The summed E-state index contributed by atoms with van der Waals surface area (Å²) in [5, 5.41) is 6.66. The number of carbonyl (C=O) groups excluding carboxylic acids is 1. The molecule has 0 saturated carbocycles. The molecule has 0 bridgehead atoms. The van der Waals surface area contributed by atoms with Gasteiger partial charge in [-0.1, -0.05) is 11.6 Å².